The van der Waals surface area contributed by atoms with Crippen LogP contribution in [-0.4, -0.2) is 16.0 Å². The number of aliphatic hydroxyl groups excluding tert-OH is 1. The average Bonchev–Trinajstić information content (AvgIpc) is 3.26. The summed E-state index contributed by atoms with van der Waals surface area (Å²) in [5.41, 5.74) is 2.31. The van der Waals surface area contributed by atoms with Gasteiger partial charge in [-0.15, -0.1) is 0 Å². The van der Waals surface area contributed by atoms with Gasteiger partial charge in [0.2, 0.25) is 0 Å². The van der Waals surface area contributed by atoms with Crippen molar-refractivity contribution in [3.05, 3.63) is 113 Å². The van der Waals surface area contributed by atoms with Crippen LogP contribution in [0.2, 0.25) is 0 Å². The summed E-state index contributed by atoms with van der Waals surface area (Å²) in [5.74, 6) is 0.910. The third-order valence-corrected chi connectivity index (χ3v) is 4.03. The summed E-state index contributed by atoms with van der Waals surface area (Å²) in [6.45, 7) is 4.30. The normalized spacial score (nSPS) is 11.1. The molecule has 3 rings (SSSR count). The Kier molecular flexibility index (Phi) is 6.97. The first kappa shape index (κ1) is 20.1. The molecule has 1 heterocycles. The van der Waals surface area contributed by atoms with Crippen molar-refractivity contribution in [3.8, 4) is 0 Å². The minimum atomic E-state index is -0.283. The quantitative estimate of drug-likeness (QED) is 0.305. The number of nitrogens with one attached hydrogen (secondary N) is 1. The third kappa shape index (κ3) is 5.92. The predicted octanol–water partition coefficient (Wildman–Crippen LogP) is 4.37. The molecule has 0 fully saturated rings. The molecule has 0 radical (unpaired) electrons. The van der Waals surface area contributed by atoms with Crippen LogP contribution in [0.25, 0.3) is 0 Å². The molecule has 0 saturated heterocycles. The summed E-state index contributed by atoms with van der Waals surface area (Å²) < 4.78 is 16.6. The Bertz CT molecular complexity index is 978. The fourth-order valence-electron chi connectivity index (χ4n) is 2.47. The van der Waals surface area contributed by atoms with Gasteiger partial charge in [0, 0.05) is 12.1 Å². The Morgan fingerprint density at radius 3 is 2.14 bits per heavy atom. The molecule has 0 aliphatic heterocycles. The Balaban J connectivity index is 1.74. The Labute approximate surface area is 169 Å². The Morgan fingerprint density at radius 1 is 1.00 bits per heavy atom. The summed E-state index contributed by atoms with van der Waals surface area (Å²) in [4.78, 5) is 0. The van der Waals surface area contributed by atoms with Crippen molar-refractivity contribution in [1.82, 2.24) is 5.16 Å². The van der Waals surface area contributed by atoms with Crippen molar-refractivity contribution in [3.63, 3.8) is 0 Å². The van der Waals surface area contributed by atoms with Crippen LogP contribution in [0.4, 0.5) is 0 Å². The highest BCUT2D eigenvalue weighted by molar-refractivity contribution is 6.05. The lowest BCUT2D eigenvalue weighted by molar-refractivity contribution is 0.138. The molecule has 0 unspecified atom stereocenters. The molecule has 0 aliphatic carbocycles. The van der Waals surface area contributed by atoms with Gasteiger partial charge in [0.25, 0.3) is 0 Å². The van der Waals surface area contributed by atoms with Crippen LogP contribution in [0.1, 0.15) is 22.6 Å². The van der Waals surface area contributed by atoms with Crippen molar-refractivity contribution in [1.29, 1.82) is 5.41 Å². The number of hydrogen-bond donors (Lipinski definition) is 2. The van der Waals surface area contributed by atoms with Crippen molar-refractivity contribution < 1.29 is 19.1 Å². The summed E-state index contributed by atoms with van der Waals surface area (Å²) in [6.07, 6.45) is 1.48. The largest absolute Gasteiger partial charge is 0.486 e. The molecular weight excluding hydrogens is 368 g/mol. The minimum absolute atomic E-state index is 0.0565. The Morgan fingerprint density at radius 2 is 1.59 bits per heavy atom. The molecule has 0 saturated carbocycles. The van der Waals surface area contributed by atoms with E-state index in [1.165, 1.54) is 12.1 Å². The highest BCUT2D eigenvalue weighted by Gasteiger charge is 2.13. The maximum Gasteiger partial charge on any atom is 0.163 e. The molecular formula is C23H22N2O4. The van der Waals surface area contributed by atoms with Gasteiger partial charge in [-0.3, -0.25) is 5.41 Å². The van der Waals surface area contributed by atoms with Gasteiger partial charge < -0.3 is 19.1 Å². The van der Waals surface area contributed by atoms with E-state index in [9.17, 15) is 0 Å². The van der Waals surface area contributed by atoms with Gasteiger partial charge in [0.15, 0.2) is 17.3 Å². The smallest absolute Gasteiger partial charge is 0.163 e. The van der Waals surface area contributed by atoms with E-state index in [2.05, 4.69) is 11.7 Å². The molecule has 3 aromatic rings. The number of aromatic nitrogens is 1. The molecule has 0 amide bonds. The number of ether oxygens (including phenoxy) is 2. The first-order valence-corrected chi connectivity index (χ1v) is 9.05. The highest BCUT2D eigenvalue weighted by Crippen LogP contribution is 2.18. The number of rotatable bonds is 10. The van der Waals surface area contributed by atoms with Gasteiger partial charge in [-0.25, -0.2) is 0 Å². The SMILES string of the molecule is C=C(OCc1ccccc1)C(=CC(=N)c1cc(CO)on1)OCc1ccccc1. The molecule has 148 valence electrons. The molecule has 0 atom stereocenters. The van der Waals surface area contributed by atoms with E-state index in [1.807, 2.05) is 60.7 Å². The molecule has 0 aliphatic rings. The van der Waals surface area contributed by atoms with Gasteiger partial charge in [0.1, 0.15) is 25.5 Å². The van der Waals surface area contributed by atoms with Crippen LogP contribution in [0, 0.1) is 5.41 Å². The number of allylic oxidation sites excluding steroid dienone is 1. The maximum absolute atomic E-state index is 9.11. The van der Waals surface area contributed by atoms with E-state index < -0.39 is 0 Å². The van der Waals surface area contributed by atoms with E-state index in [4.69, 9.17) is 24.5 Å². The Hall–Kier alpha value is -3.64. The molecule has 0 bridgehead atoms. The van der Waals surface area contributed by atoms with Crippen molar-refractivity contribution >= 4 is 5.71 Å². The van der Waals surface area contributed by atoms with Crippen molar-refractivity contribution in [2.24, 2.45) is 0 Å². The molecule has 29 heavy (non-hydrogen) atoms. The van der Waals surface area contributed by atoms with Gasteiger partial charge >= 0.3 is 0 Å². The predicted molar refractivity (Wildman–Crippen MR) is 109 cm³/mol. The van der Waals surface area contributed by atoms with E-state index in [1.54, 1.807) is 0 Å². The zero-order chi connectivity index (χ0) is 20.5. The second kappa shape index (κ2) is 10.1. The topological polar surface area (TPSA) is 88.6 Å². The number of nitrogens with zero attached hydrogens (tertiary/aromatic N) is 1. The van der Waals surface area contributed by atoms with E-state index in [0.717, 1.165) is 11.1 Å². The lowest BCUT2D eigenvalue weighted by Crippen LogP contribution is -2.05. The third-order valence-electron chi connectivity index (χ3n) is 4.03. The monoisotopic (exact) mass is 390 g/mol. The minimum Gasteiger partial charge on any atom is -0.486 e. The number of benzene rings is 2. The van der Waals surface area contributed by atoms with Crippen LogP contribution in [-0.2, 0) is 29.3 Å². The van der Waals surface area contributed by atoms with E-state index in [-0.39, 0.29) is 23.8 Å². The highest BCUT2D eigenvalue weighted by atomic mass is 16.5. The van der Waals surface area contributed by atoms with Crippen LogP contribution in [0.5, 0.6) is 0 Å². The first-order chi connectivity index (χ1) is 14.2. The van der Waals surface area contributed by atoms with Crippen LogP contribution in [0.3, 0.4) is 0 Å². The zero-order valence-corrected chi connectivity index (χ0v) is 15.9. The van der Waals surface area contributed by atoms with Gasteiger partial charge in [-0.1, -0.05) is 72.4 Å². The molecule has 1 aromatic heterocycles. The fraction of sp³-hybridized carbons (Fsp3) is 0.130. The van der Waals surface area contributed by atoms with Crippen molar-refractivity contribution in [2.75, 3.05) is 0 Å². The fourth-order valence-corrected chi connectivity index (χ4v) is 2.47. The number of hydrogen-bond acceptors (Lipinski definition) is 6. The molecule has 6 nitrogen and oxygen atoms in total. The molecule has 0 spiro atoms. The van der Waals surface area contributed by atoms with E-state index >= 15 is 0 Å². The van der Waals surface area contributed by atoms with Gasteiger partial charge in [-0.05, 0) is 11.1 Å². The second-order valence-corrected chi connectivity index (χ2v) is 6.23. The summed E-state index contributed by atoms with van der Waals surface area (Å²) in [6, 6.07) is 20.9. The standard InChI is InChI=1S/C23H22N2O4/c1-17(27-15-18-8-4-2-5-9-18)23(28-16-19-10-6-3-7-11-19)13-21(24)22-12-20(14-26)29-25-22/h2-13,24,26H,1,14-16H2. The van der Waals surface area contributed by atoms with Crippen LogP contribution < -0.4 is 0 Å². The lowest BCUT2D eigenvalue weighted by Gasteiger charge is -2.15. The van der Waals surface area contributed by atoms with Crippen LogP contribution >= 0.6 is 0 Å². The average molecular weight is 390 g/mol. The zero-order valence-electron chi connectivity index (χ0n) is 15.9. The number of aliphatic hydroxyl groups is 1. The van der Waals surface area contributed by atoms with Gasteiger partial charge in [0.05, 0.1) is 5.71 Å². The maximum atomic E-state index is 9.11. The molecule has 6 heteroatoms. The molecule has 2 aromatic carbocycles. The van der Waals surface area contributed by atoms with Crippen LogP contribution in [0.15, 0.2) is 95.4 Å². The lowest BCUT2D eigenvalue weighted by atomic mass is 10.2. The molecule has 2 N–H and O–H groups in total. The summed E-state index contributed by atoms with van der Waals surface area (Å²) >= 11 is 0. The van der Waals surface area contributed by atoms with E-state index in [0.29, 0.717) is 24.7 Å². The van der Waals surface area contributed by atoms with Crippen molar-refractivity contribution in [2.45, 2.75) is 19.8 Å². The summed E-state index contributed by atoms with van der Waals surface area (Å²) in [5, 5.41) is 21.2. The summed E-state index contributed by atoms with van der Waals surface area (Å²) in [7, 11) is 0. The second-order valence-electron chi connectivity index (χ2n) is 6.23. The van der Waals surface area contributed by atoms with Gasteiger partial charge in [-0.2, -0.15) is 0 Å². The first-order valence-electron chi connectivity index (χ1n) is 9.05.